The maximum atomic E-state index is 11.5. The largest absolute Gasteiger partial charge is 0.490 e. The van der Waals surface area contributed by atoms with Gasteiger partial charge in [0.05, 0.1) is 0 Å². The minimum atomic E-state index is -5.08. The van der Waals surface area contributed by atoms with Gasteiger partial charge in [-0.05, 0) is 20.8 Å². The SMILES string of the molecule is CC(C)(C)OC(=O)N1CCNCC1.O=C(O)C(F)(F)F. The van der Waals surface area contributed by atoms with Gasteiger partial charge in [0.1, 0.15) is 5.60 Å². The minimum Gasteiger partial charge on any atom is -0.475 e. The third-order valence-electron chi connectivity index (χ3n) is 2.01. The van der Waals surface area contributed by atoms with Gasteiger partial charge in [-0.1, -0.05) is 0 Å². The van der Waals surface area contributed by atoms with E-state index in [2.05, 4.69) is 5.32 Å². The standard InChI is InChI=1S/C9H18N2O2.C2HF3O2/c1-9(2,3)13-8(12)11-6-4-10-5-7-11;3-2(4,5)1(6)7/h10H,4-7H2,1-3H3;(H,6,7). The fourth-order valence-electron chi connectivity index (χ4n) is 1.17. The average molecular weight is 300 g/mol. The molecule has 0 radical (unpaired) electrons. The molecule has 1 aliphatic heterocycles. The predicted molar refractivity (Wildman–Crippen MR) is 64.4 cm³/mol. The maximum absolute atomic E-state index is 11.5. The first-order valence-corrected chi connectivity index (χ1v) is 5.92. The first-order valence-electron chi connectivity index (χ1n) is 5.92. The highest BCUT2D eigenvalue weighted by Gasteiger charge is 2.38. The lowest BCUT2D eigenvalue weighted by Crippen LogP contribution is -2.48. The van der Waals surface area contributed by atoms with Crippen LogP contribution in [0.4, 0.5) is 18.0 Å². The predicted octanol–water partition coefficient (Wildman–Crippen LogP) is 1.46. The van der Waals surface area contributed by atoms with Gasteiger partial charge in [-0.15, -0.1) is 0 Å². The number of rotatable bonds is 0. The van der Waals surface area contributed by atoms with E-state index in [0.717, 1.165) is 26.2 Å². The van der Waals surface area contributed by atoms with E-state index in [1.54, 1.807) is 4.90 Å². The van der Waals surface area contributed by atoms with Gasteiger partial charge in [0, 0.05) is 26.2 Å². The van der Waals surface area contributed by atoms with Crippen molar-refractivity contribution < 1.29 is 32.6 Å². The maximum Gasteiger partial charge on any atom is 0.490 e. The zero-order valence-corrected chi connectivity index (χ0v) is 11.6. The molecule has 0 atom stereocenters. The molecular weight excluding hydrogens is 281 g/mol. The molecule has 1 heterocycles. The van der Waals surface area contributed by atoms with E-state index in [1.165, 1.54) is 0 Å². The third kappa shape index (κ3) is 8.57. The van der Waals surface area contributed by atoms with E-state index in [0.29, 0.717) is 0 Å². The van der Waals surface area contributed by atoms with Crippen LogP contribution in [0.15, 0.2) is 0 Å². The van der Waals surface area contributed by atoms with Gasteiger partial charge in [0.15, 0.2) is 0 Å². The van der Waals surface area contributed by atoms with Crippen molar-refractivity contribution in [3.8, 4) is 0 Å². The summed E-state index contributed by atoms with van der Waals surface area (Å²) in [6.07, 6.45) is -5.28. The van der Waals surface area contributed by atoms with Crippen molar-refractivity contribution in [2.75, 3.05) is 26.2 Å². The fourth-order valence-corrected chi connectivity index (χ4v) is 1.17. The normalized spacial score (nSPS) is 16.0. The first-order chi connectivity index (χ1) is 8.93. The molecule has 0 spiro atoms. The van der Waals surface area contributed by atoms with Crippen LogP contribution in [0.1, 0.15) is 20.8 Å². The monoisotopic (exact) mass is 300 g/mol. The van der Waals surface area contributed by atoms with Crippen LogP contribution in [0.5, 0.6) is 0 Å². The summed E-state index contributed by atoms with van der Waals surface area (Å²) in [4.78, 5) is 22.1. The van der Waals surface area contributed by atoms with Crippen LogP contribution in [-0.2, 0) is 9.53 Å². The molecule has 1 rings (SSSR count). The highest BCUT2D eigenvalue weighted by Crippen LogP contribution is 2.13. The molecular formula is C11H19F3N2O4. The zero-order valence-electron chi connectivity index (χ0n) is 11.6. The highest BCUT2D eigenvalue weighted by atomic mass is 19.4. The molecule has 0 aromatic carbocycles. The van der Waals surface area contributed by atoms with Crippen LogP contribution in [0.3, 0.4) is 0 Å². The Kier molecular flexibility index (Phi) is 6.77. The van der Waals surface area contributed by atoms with Gasteiger partial charge in [0.25, 0.3) is 0 Å². The third-order valence-corrected chi connectivity index (χ3v) is 2.01. The highest BCUT2D eigenvalue weighted by molar-refractivity contribution is 5.73. The molecule has 0 saturated carbocycles. The molecule has 6 nitrogen and oxygen atoms in total. The molecule has 1 aliphatic rings. The molecule has 1 saturated heterocycles. The molecule has 20 heavy (non-hydrogen) atoms. The number of ether oxygens (including phenoxy) is 1. The molecule has 2 N–H and O–H groups in total. The molecule has 118 valence electrons. The second-order valence-electron chi connectivity index (χ2n) is 5.02. The summed E-state index contributed by atoms with van der Waals surface area (Å²) < 4.78 is 37.0. The Morgan fingerprint density at radius 2 is 1.55 bits per heavy atom. The number of hydrogen-bond acceptors (Lipinski definition) is 4. The number of carboxylic acids is 1. The molecule has 0 aromatic rings. The van der Waals surface area contributed by atoms with Gasteiger partial charge in [-0.25, -0.2) is 9.59 Å². The molecule has 1 fully saturated rings. The summed E-state index contributed by atoms with van der Waals surface area (Å²) in [7, 11) is 0. The Balaban J connectivity index is 0.000000441. The summed E-state index contributed by atoms with van der Waals surface area (Å²) >= 11 is 0. The van der Waals surface area contributed by atoms with E-state index in [9.17, 15) is 18.0 Å². The Bertz CT molecular complexity index is 334. The Morgan fingerprint density at radius 3 is 1.85 bits per heavy atom. The van der Waals surface area contributed by atoms with Crippen LogP contribution in [0.25, 0.3) is 0 Å². The van der Waals surface area contributed by atoms with Gasteiger partial charge in [0.2, 0.25) is 0 Å². The van der Waals surface area contributed by atoms with Crippen molar-refractivity contribution in [3.63, 3.8) is 0 Å². The summed E-state index contributed by atoms with van der Waals surface area (Å²) in [5, 5.41) is 10.3. The van der Waals surface area contributed by atoms with Crippen LogP contribution in [0.2, 0.25) is 0 Å². The number of nitrogens with zero attached hydrogens (tertiary/aromatic N) is 1. The summed E-state index contributed by atoms with van der Waals surface area (Å²) in [5.74, 6) is -2.76. The Hall–Kier alpha value is -1.51. The second kappa shape index (κ2) is 7.32. The van der Waals surface area contributed by atoms with E-state index < -0.39 is 12.1 Å². The molecule has 0 aliphatic carbocycles. The van der Waals surface area contributed by atoms with Crippen molar-refractivity contribution in [2.45, 2.75) is 32.5 Å². The molecule has 0 aromatic heterocycles. The van der Waals surface area contributed by atoms with Crippen LogP contribution < -0.4 is 5.32 Å². The number of carbonyl (C=O) groups is 2. The van der Waals surface area contributed by atoms with Crippen molar-refractivity contribution >= 4 is 12.1 Å². The van der Waals surface area contributed by atoms with E-state index >= 15 is 0 Å². The number of carboxylic acid groups (broad SMARTS) is 1. The van der Waals surface area contributed by atoms with Gasteiger partial charge < -0.3 is 20.1 Å². The molecule has 9 heteroatoms. The quantitative estimate of drug-likeness (QED) is 0.708. The minimum absolute atomic E-state index is 0.200. The smallest absolute Gasteiger partial charge is 0.475 e. The number of halogens is 3. The van der Waals surface area contributed by atoms with Crippen LogP contribution in [-0.4, -0.2) is 60.0 Å². The van der Waals surface area contributed by atoms with Gasteiger partial charge in [-0.2, -0.15) is 13.2 Å². The lowest BCUT2D eigenvalue weighted by atomic mass is 10.2. The average Bonchev–Trinajstić information content (AvgIpc) is 2.27. The van der Waals surface area contributed by atoms with E-state index in [4.69, 9.17) is 14.6 Å². The molecule has 0 unspecified atom stereocenters. The van der Waals surface area contributed by atoms with Crippen molar-refractivity contribution in [3.05, 3.63) is 0 Å². The fraction of sp³-hybridized carbons (Fsp3) is 0.818. The van der Waals surface area contributed by atoms with Gasteiger partial charge in [-0.3, -0.25) is 0 Å². The topological polar surface area (TPSA) is 78.9 Å². The van der Waals surface area contributed by atoms with E-state index in [-0.39, 0.29) is 11.7 Å². The summed E-state index contributed by atoms with van der Waals surface area (Å²) in [6, 6.07) is 0. The number of aliphatic carboxylic acids is 1. The van der Waals surface area contributed by atoms with Gasteiger partial charge >= 0.3 is 18.2 Å². The van der Waals surface area contributed by atoms with E-state index in [1.807, 2.05) is 20.8 Å². The number of amides is 1. The van der Waals surface area contributed by atoms with Crippen molar-refractivity contribution in [2.24, 2.45) is 0 Å². The number of piperazine rings is 1. The number of nitrogens with one attached hydrogen (secondary N) is 1. The molecule has 0 bridgehead atoms. The Morgan fingerprint density at radius 1 is 1.15 bits per heavy atom. The summed E-state index contributed by atoms with van der Waals surface area (Å²) in [5.41, 5.74) is -0.387. The van der Waals surface area contributed by atoms with Crippen LogP contribution in [0, 0.1) is 0 Å². The number of hydrogen-bond donors (Lipinski definition) is 2. The van der Waals surface area contributed by atoms with Crippen molar-refractivity contribution in [1.82, 2.24) is 10.2 Å². The second-order valence-corrected chi connectivity index (χ2v) is 5.02. The number of carbonyl (C=O) groups excluding carboxylic acids is 1. The number of alkyl halides is 3. The van der Waals surface area contributed by atoms with Crippen molar-refractivity contribution in [1.29, 1.82) is 0 Å². The Labute approximate surface area is 114 Å². The molecule has 1 amide bonds. The first kappa shape index (κ1) is 18.5. The van der Waals surface area contributed by atoms with Crippen LogP contribution >= 0.6 is 0 Å². The summed E-state index contributed by atoms with van der Waals surface area (Å²) in [6.45, 7) is 8.86. The lowest BCUT2D eigenvalue weighted by molar-refractivity contribution is -0.192. The zero-order chi connectivity index (χ0) is 16.0. The lowest BCUT2D eigenvalue weighted by Gasteiger charge is -2.30.